The van der Waals surface area contributed by atoms with Crippen LogP contribution in [0, 0.1) is 11.3 Å². The number of anilines is 1. The molecule has 2 fully saturated rings. The standard InChI is InChI=1S/C28H30ClF3N10O3/c1-41-22(20-13-42(7-6-33)40-23(20)28(30,31)32)12-35-24(41)26(44)36-16-4-5-19(21(29)11-16)25(43)37-17-9-18(10-17)39-27(45)38-15-3-2-14(34)8-15/h4-5,11-15,17-18H,2-3,7-10,34H2,1H3,(H,36,44)(H,37,43)(H2,38,39,45)/t14-,15+,17-,18+/m0/s1. The number of nitrogens with one attached hydrogen (secondary N) is 4. The zero-order valence-electron chi connectivity index (χ0n) is 24.0. The number of halogens is 4. The number of urea groups is 1. The van der Waals surface area contributed by atoms with Crippen LogP contribution in [0.4, 0.5) is 23.7 Å². The topological polar surface area (TPSA) is 185 Å². The van der Waals surface area contributed by atoms with Gasteiger partial charge >= 0.3 is 12.2 Å². The lowest BCUT2D eigenvalue weighted by molar-refractivity contribution is -0.141. The van der Waals surface area contributed by atoms with Crippen molar-refractivity contribution < 1.29 is 27.6 Å². The molecule has 2 saturated carbocycles. The van der Waals surface area contributed by atoms with E-state index in [1.54, 1.807) is 6.07 Å². The van der Waals surface area contributed by atoms with E-state index in [-0.39, 0.29) is 63.6 Å². The summed E-state index contributed by atoms with van der Waals surface area (Å²) in [5, 5.41) is 23.7. The molecule has 2 aliphatic carbocycles. The van der Waals surface area contributed by atoms with Gasteiger partial charge in [-0.3, -0.25) is 14.3 Å². The normalized spacial score (nSPS) is 21.0. The monoisotopic (exact) mass is 646 g/mol. The second kappa shape index (κ2) is 12.8. The van der Waals surface area contributed by atoms with Crippen molar-refractivity contribution in [2.24, 2.45) is 12.8 Å². The summed E-state index contributed by atoms with van der Waals surface area (Å²) in [4.78, 5) is 42.0. The number of alkyl halides is 3. The Hall–Kier alpha value is -4.62. The first-order valence-electron chi connectivity index (χ1n) is 14.1. The molecule has 2 heterocycles. The van der Waals surface area contributed by atoms with E-state index in [0.29, 0.717) is 12.8 Å². The van der Waals surface area contributed by atoms with Gasteiger partial charge in [-0.25, -0.2) is 9.78 Å². The maximum atomic E-state index is 13.6. The van der Waals surface area contributed by atoms with Gasteiger partial charge in [-0.15, -0.1) is 0 Å². The third-order valence-corrected chi connectivity index (χ3v) is 8.13. The molecule has 0 bridgehead atoms. The SMILES string of the molecule is Cn1c(-c2cn(CC#N)nc2C(F)(F)F)cnc1C(=O)Nc1ccc(C(=O)N[C@H]2C[C@@H](NC(=O)N[C@@H]3CC[C@H](N)C3)C2)c(Cl)c1. The van der Waals surface area contributed by atoms with Gasteiger partial charge in [0.2, 0.25) is 0 Å². The lowest BCUT2D eigenvalue weighted by Crippen LogP contribution is -2.56. The zero-order valence-corrected chi connectivity index (χ0v) is 24.7. The average Bonchev–Trinajstić information content (AvgIpc) is 3.65. The van der Waals surface area contributed by atoms with Crippen LogP contribution in [0.5, 0.6) is 0 Å². The summed E-state index contributed by atoms with van der Waals surface area (Å²) in [6.07, 6.45) is 0.997. The minimum Gasteiger partial charge on any atom is -0.349 e. The van der Waals surface area contributed by atoms with E-state index >= 15 is 0 Å². The van der Waals surface area contributed by atoms with Crippen LogP contribution < -0.4 is 27.0 Å². The van der Waals surface area contributed by atoms with E-state index in [2.05, 4.69) is 31.3 Å². The number of imidazole rings is 1. The molecule has 6 N–H and O–H groups in total. The Kier molecular flexibility index (Phi) is 9.03. The second-order valence-electron chi connectivity index (χ2n) is 11.1. The van der Waals surface area contributed by atoms with Gasteiger partial charge in [0.1, 0.15) is 6.54 Å². The van der Waals surface area contributed by atoms with Gasteiger partial charge in [-0.2, -0.15) is 23.5 Å². The third-order valence-electron chi connectivity index (χ3n) is 7.82. The van der Waals surface area contributed by atoms with Crippen molar-refractivity contribution in [1.29, 1.82) is 5.26 Å². The minimum atomic E-state index is -4.80. The number of aromatic nitrogens is 4. The van der Waals surface area contributed by atoms with Gasteiger partial charge in [0.25, 0.3) is 11.8 Å². The Labute approximate surface area is 260 Å². The van der Waals surface area contributed by atoms with Crippen molar-refractivity contribution in [2.45, 2.75) is 69.0 Å². The van der Waals surface area contributed by atoms with Crippen molar-refractivity contribution in [3.05, 3.63) is 52.7 Å². The molecule has 2 aliphatic rings. The molecule has 0 spiro atoms. The highest BCUT2D eigenvalue weighted by Gasteiger charge is 2.39. The van der Waals surface area contributed by atoms with E-state index in [1.807, 2.05) is 0 Å². The lowest BCUT2D eigenvalue weighted by atomic mass is 9.86. The van der Waals surface area contributed by atoms with Crippen LogP contribution in [0.25, 0.3) is 11.3 Å². The van der Waals surface area contributed by atoms with Gasteiger partial charge in [-0.05, 0) is 50.3 Å². The molecular weight excluding hydrogens is 617 g/mol. The number of nitrogens with zero attached hydrogens (tertiary/aromatic N) is 5. The zero-order chi connectivity index (χ0) is 32.5. The molecule has 4 amide bonds. The number of amides is 4. The predicted octanol–water partition coefficient (Wildman–Crippen LogP) is 3.17. The van der Waals surface area contributed by atoms with Crippen molar-refractivity contribution >= 4 is 35.1 Å². The number of hydrogen-bond acceptors (Lipinski definition) is 7. The molecule has 0 radical (unpaired) electrons. The average molecular weight is 647 g/mol. The second-order valence-corrected chi connectivity index (χ2v) is 11.6. The van der Waals surface area contributed by atoms with Crippen molar-refractivity contribution in [3.63, 3.8) is 0 Å². The Morgan fingerprint density at radius 3 is 2.44 bits per heavy atom. The molecule has 1 aromatic carbocycles. The molecule has 2 atom stereocenters. The van der Waals surface area contributed by atoms with Crippen LogP contribution in [0.15, 0.2) is 30.6 Å². The van der Waals surface area contributed by atoms with Crippen LogP contribution in [-0.4, -0.2) is 61.3 Å². The third kappa shape index (κ3) is 7.21. The fourth-order valence-corrected chi connectivity index (χ4v) is 5.75. The molecule has 5 rings (SSSR count). The summed E-state index contributed by atoms with van der Waals surface area (Å²) in [7, 11) is 1.37. The first kappa shape index (κ1) is 31.8. The Balaban J connectivity index is 1.16. The van der Waals surface area contributed by atoms with Crippen LogP contribution in [0.1, 0.15) is 58.8 Å². The first-order valence-corrected chi connectivity index (χ1v) is 14.5. The number of carbonyl (C=O) groups excluding carboxylic acids is 3. The molecule has 13 nitrogen and oxygen atoms in total. The lowest BCUT2D eigenvalue weighted by Gasteiger charge is -2.36. The van der Waals surface area contributed by atoms with Crippen LogP contribution >= 0.6 is 11.6 Å². The fraction of sp³-hybridized carbons (Fsp3) is 0.429. The van der Waals surface area contributed by atoms with Crippen LogP contribution in [0.2, 0.25) is 5.02 Å². The van der Waals surface area contributed by atoms with Gasteiger partial charge in [0.05, 0.1) is 34.1 Å². The summed E-state index contributed by atoms with van der Waals surface area (Å²) >= 11 is 6.34. The molecule has 0 saturated heterocycles. The van der Waals surface area contributed by atoms with E-state index in [0.717, 1.165) is 36.3 Å². The van der Waals surface area contributed by atoms with Crippen LogP contribution in [-0.2, 0) is 19.8 Å². The van der Waals surface area contributed by atoms with Gasteiger partial charge in [0.15, 0.2) is 11.5 Å². The van der Waals surface area contributed by atoms with Gasteiger partial charge in [0, 0.05) is 43.1 Å². The Morgan fingerprint density at radius 1 is 1.09 bits per heavy atom. The molecule has 2 aromatic heterocycles. The summed E-state index contributed by atoms with van der Waals surface area (Å²) in [5.41, 5.74) is 4.71. The smallest absolute Gasteiger partial charge is 0.349 e. The quantitative estimate of drug-likeness (QED) is 0.249. The molecule has 0 unspecified atom stereocenters. The van der Waals surface area contributed by atoms with Gasteiger partial charge < -0.3 is 31.6 Å². The number of rotatable bonds is 8. The predicted molar refractivity (Wildman–Crippen MR) is 156 cm³/mol. The summed E-state index contributed by atoms with van der Waals surface area (Å²) in [6, 6.07) is 5.72. The Morgan fingerprint density at radius 2 is 1.80 bits per heavy atom. The summed E-state index contributed by atoms with van der Waals surface area (Å²) in [5.74, 6) is -1.35. The largest absolute Gasteiger partial charge is 0.435 e. The number of benzene rings is 1. The first-order chi connectivity index (χ1) is 21.3. The number of hydrogen-bond donors (Lipinski definition) is 5. The minimum absolute atomic E-state index is 0.0330. The molecular formula is C28H30ClF3N10O3. The van der Waals surface area contributed by atoms with Gasteiger partial charge in [-0.1, -0.05) is 11.6 Å². The summed E-state index contributed by atoms with van der Waals surface area (Å²) in [6.45, 7) is -0.392. The highest BCUT2D eigenvalue weighted by Crippen LogP contribution is 2.36. The maximum Gasteiger partial charge on any atom is 0.435 e. The van der Waals surface area contributed by atoms with E-state index in [1.165, 1.54) is 29.8 Å². The molecule has 17 heteroatoms. The van der Waals surface area contributed by atoms with E-state index in [9.17, 15) is 27.6 Å². The Bertz CT molecular complexity index is 1660. The molecule has 45 heavy (non-hydrogen) atoms. The number of nitriles is 1. The van der Waals surface area contributed by atoms with E-state index < -0.39 is 30.2 Å². The van der Waals surface area contributed by atoms with Crippen molar-refractivity contribution in [3.8, 4) is 17.3 Å². The molecule has 238 valence electrons. The van der Waals surface area contributed by atoms with Crippen LogP contribution in [0.3, 0.4) is 0 Å². The maximum absolute atomic E-state index is 13.6. The fourth-order valence-electron chi connectivity index (χ4n) is 5.48. The van der Waals surface area contributed by atoms with Crippen molar-refractivity contribution in [1.82, 2.24) is 35.3 Å². The number of nitrogens with two attached hydrogens (primary N) is 1. The highest BCUT2D eigenvalue weighted by molar-refractivity contribution is 6.34. The molecule has 0 aliphatic heterocycles. The number of carbonyl (C=O) groups is 3. The summed E-state index contributed by atoms with van der Waals surface area (Å²) < 4.78 is 42.8. The highest BCUT2D eigenvalue weighted by atomic mass is 35.5. The van der Waals surface area contributed by atoms with Crippen molar-refractivity contribution in [2.75, 3.05) is 5.32 Å². The molecule has 3 aromatic rings. The van der Waals surface area contributed by atoms with E-state index in [4.69, 9.17) is 22.6 Å².